The minimum absolute atomic E-state index is 0.101. The van der Waals surface area contributed by atoms with Crippen LogP contribution in [-0.2, 0) is 13.5 Å². The monoisotopic (exact) mass is 318 g/mol. The van der Waals surface area contributed by atoms with Gasteiger partial charge in [-0.15, -0.1) is 0 Å². The quantitative estimate of drug-likeness (QED) is 0.605. The van der Waals surface area contributed by atoms with Gasteiger partial charge in [-0.3, -0.25) is 4.79 Å². The van der Waals surface area contributed by atoms with Crippen LogP contribution < -0.4 is 0 Å². The van der Waals surface area contributed by atoms with Crippen LogP contribution in [0.4, 0.5) is 0 Å². The fourth-order valence-electron chi connectivity index (χ4n) is 3.05. The summed E-state index contributed by atoms with van der Waals surface area (Å²) in [7, 11) is 1.86. The van der Waals surface area contributed by atoms with Gasteiger partial charge in [0.15, 0.2) is 11.6 Å². The van der Waals surface area contributed by atoms with Crippen molar-refractivity contribution in [2.75, 3.05) is 0 Å². The molecule has 0 saturated heterocycles. The Balaban J connectivity index is 1.75. The molecule has 0 fully saturated rings. The molecule has 0 N–H and O–H groups in total. The highest BCUT2D eigenvalue weighted by atomic mass is 16.1. The number of ketones is 1. The van der Waals surface area contributed by atoms with E-state index in [9.17, 15) is 4.79 Å². The molecule has 0 spiro atoms. The van der Waals surface area contributed by atoms with Gasteiger partial charge in [0.05, 0.1) is 0 Å². The highest BCUT2D eigenvalue weighted by Gasteiger charge is 2.19. The number of carbonyl (C=O) groups excluding carboxylic acids is 1. The Kier molecular flexibility index (Phi) is 5.22. The number of rotatable bonds is 7. The van der Waals surface area contributed by atoms with Crippen LogP contribution in [0.15, 0.2) is 73.1 Å². The van der Waals surface area contributed by atoms with E-state index in [1.807, 2.05) is 37.5 Å². The number of hydrogen-bond acceptors (Lipinski definition) is 2. The number of aryl methyl sites for hydroxylation is 2. The van der Waals surface area contributed by atoms with Crippen molar-refractivity contribution in [1.29, 1.82) is 0 Å². The lowest BCUT2D eigenvalue weighted by molar-refractivity contribution is 0.0959. The van der Waals surface area contributed by atoms with Crippen LogP contribution in [0, 0.1) is 0 Å². The van der Waals surface area contributed by atoms with Gasteiger partial charge >= 0.3 is 0 Å². The molecule has 0 aliphatic heterocycles. The van der Waals surface area contributed by atoms with Crippen LogP contribution in [0.5, 0.6) is 0 Å². The summed E-state index contributed by atoms with van der Waals surface area (Å²) in [6, 6.07) is 20.7. The van der Waals surface area contributed by atoms with Crippen molar-refractivity contribution in [1.82, 2.24) is 9.55 Å². The third-order valence-electron chi connectivity index (χ3n) is 4.40. The molecule has 0 aliphatic rings. The van der Waals surface area contributed by atoms with E-state index in [0.29, 0.717) is 12.2 Å². The minimum Gasteiger partial charge on any atom is -0.332 e. The molecule has 3 aromatic rings. The molecule has 3 heteroatoms. The fraction of sp³-hybridized carbons (Fsp3) is 0.238. The van der Waals surface area contributed by atoms with Crippen molar-refractivity contribution in [3.8, 4) is 0 Å². The van der Waals surface area contributed by atoms with Crippen LogP contribution >= 0.6 is 0 Å². The van der Waals surface area contributed by atoms with Gasteiger partial charge in [-0.25, -0.2) is 4.98 Å². The largest absolute Gasteiger partial charge is 0.332 e. The second kappa shape index (κ2) is 7.73. The second-order valence-corrected chi connectivity index (χ2v) is 6.12. The molecule has 0 bridgehead atoms. The van der Waals surface area contributed by atoms with Crippen LogP contribution in [0.1, 0.15) is 40.5 Å². The summed E-state index contributed by atoms with van der Waals surface area (Å²) in [5, 5.41) is 0. The Bertz CT molecular complexity index is 778. The van der Waals surface area contributed by atoms with Crippen molar-refractivity contribution in [2.24, 2.45) is 7.05 Å². The molecule has 1 unspecified atom stereocenters. The van der Waals surface area contributed by atoms with Gasteiger partial charge in [-0.1, -0.05) is 60.7 Å². The number of nitrogens with zero attached hydrogens (tertiary/aromatic N) is 2. The Morgan fingerprint density at radius 1 is 1.04 bits per heavy atom. The first-order chi connectivity index (χ1) is 11.7. The highest BCUT2D eigenvalue weighted by Crippen LogP contribution is 2.26. The van der Waals surface area contributed by atoms with E-state index < -0.39 is 0 Å². The molecule has 1 atom stereocenters. The molecular formula is C21H22N2O. The zero-order valence-electron chi connectivity index (χ0n) is 13.9. The maximum atomic E-state index is 12.6. The van der Waals surface area contributed by atoms with Crippen molar-refractivity contribution < 1.29 is 4.79 Å². The number of benzene rings is 2. The second-order valence-electron chi connectivity index (χ2n) is 6.12. The van der Waals surface area contributed by atoms with Gasteiger partial charge in [-0.2, -0.15) is 0 Å². The molecule has 0 amide bonds. The molecule has 2 aromatic carbocycles. The summed E-state index contributed by atoms with van der Waals surface area (Å²) in [6.45, 7) is 0. The average molecular weight is 318 g/mol. The summed E-state index contributed by atoms with van der Waals surface area (Å²) in [5.41, 5.74) is 2.53. The Morgan fingerprint density at radius 2 is 1.71 bits per heavy atom. The maximum Gasteiger partial charge on any atom is 0.198 e. The van der Waals surface area contributed by atoms with Crippen molar-refractivity contribution >= 4 is 5.78 Å². The zero-order chi connectivity index (χ0) is 16.8. The van der Waals surface area contributed by atoms with Crippen molar-refractivity contribution in [3.63, 3.8) is 0 Å². The molecule has 1 aromatic heterocycles. The highest BCUT2D eigenvalue weighted by molar-refractivity contribution is 5.93. The minimum atomic E-state index is 0.101. The summed E-state index contributed by atoms with van der Waals surface area (Å²) in [6.07, 6.45) is 5.89. The summed E-state index contributed by atoms with van der Waals surface area (Å²) in [4.78, 5) is 16.8. The van der Waals surface area contributed by atoms with Gasteiger partial charge < -0.3 is 4.57 Å². The van der Waals surface area contributed by atoms with Crippen LogP contribution in [0.3, 0.4) is 0 Å². The van der Waals surface area contributed by atoms with E-state index in [-0.39, 0.29) is 11.7 Å². The number of aromatic nitrogens is 2. The first-order valence-corrected chi connectivity index (χ1v) is 8.33. The number of carbonyl (C=O) groups is 1. The molecule has 3 nitrogen and oxygen atoms in total. The molecule has 24 heavy (non-hydrogen) atoms. The topological polar surface area (TPSA) is 34.9 Å². The lowest BCUT2D eigenvalue weighted by Crippen LogP contribution is -2.13. The third kappa shape index (κ3) is 3.99. The third-order valence-corrected chi connectivity index (χ3v) is 4.40. The van der Waals surface area contributed by atoms with E-state index in [1.54, 1.807) is 10.8 Å². The standard InChI is InChI=1S/C21H22N2O/c1-23-15-14-22-21(23)20(24)16-19(18-10-6-3-7-11-18)13-12-17-8-4-2-5-9-17/h2-11,14-15,19H,12-13,16H2,1H3. The maximum absolute atomic E-state index is 12.6. The van der Waals surface area contributed by atoms with Gasteiger partial charge in [0.1, 0.15) is 0 Å². The van der Waals surface area contributed by atoms with Gasteiger partial charge in [0, 0.05) is 25.9 Å². The Labute approximate surface area is 143 Å². The Hall–Kier alpha value is -2.68. The SMILES string of the molecule is Cn1ccnc1C(=O)CC(CCc1ccccc1)c1ccccc1. The van der Waals surface area contributed by atoms with Crippen molar-refractivity contribution in [2.45, 2.75) is 25.2 Å². The molecular weight excluding hydrogens is 296 g/mol. The molecule has 0 aliphatic carbocycles. The predicted molar refractivity (Wildman–Crippen MR) is 96.1 cm³/mol. The van der Waals surface area contributed by atoms with E-state index in [2.05, 4.69) is 41.4 Å². The molecule has 122 valence electrons. The van der Waals surface area contributed by atoms with Gasteiger partial charge in [0.25, 0.3) is 0 Å². The van der Waals surface area contributed by atoms with E-state index in [1.165, 1.54) is 11.1 Å². The Morgan fingerprint density at radius 3 is 2.33 bits per heavy atom. The average Bonchev–Trinajstić information content (AvgIpc) is 3.06. The van der Waals surface area contributed by atoms with Crippen LogP contribution in [0.2, 0.25) is 0 Å². The van der Waals surface area contributed by atoms with Crippen LogP contribution in [0.25, 0.3) is 0 Å². The molecule has 0 radical (unpaired) electrons. The van der Waals surface area contributed by atoms with Crippen LogP contribution in [-0.4, -0.2) is 15.3 Å². The molecule has 1 heterocycles. The molecule has 0 saturated carbocycles. The molecule has 3 rings (SSSR count). The van der Waals surface area contributed by atoms with Gasteiger partial charge in [0.2, 0.25) is 0 Å². The number of imidazole rings is 1. The van der Waals surface area contributed by atoms with E-state index >= 15 is 0 Å². The summed E-state index contributed by atoms with van der Waals surface area (Å²) < 4.78 is 1.79. The number of Topliss-reactive ketones (excluding diaryl/α,β-unsaturated/α-hetero) is 1. The van der Waals surface area contributed by atoms with Gasteiger partial charge in [-0.05, 0) is 29.9 Å². The zero-order valence-corrected chi connectivity index (χ0v) is 13.9. The van der Waals surface area contributed by atoms with E-state index in [0.717, 1.165) is 12.8 Å². The fourth-order valence-corrected chi connectivity index (χ4v) is 3.05. The number of hydrogen-bond donors (Lipinski definition) is 0. The normalized spacial score (nSPS) is 12.0. The first-order valence-electron chi connectivity index (χ1n) is 8.33. The lowest BCUT2D eigenvalue weighted by atomic mass is 9.88. The first kappa shape index (κ1) is 16.2. The summed E-state index contributed by atoms with van der Waals surface area (Å²) >= 11 is 0. The van der Waals surface area contributed by atoms with Crippen molar-refractivity contribution in [3.05, 3.63) is 90.0 Å². The summed E-state index contributed by atoms with van der Waals surface area (Å²) in [5.74, 6) is 0.843. The predicted octanol–water partition coefficient (Wildman–Crippen LogP) is 4.41. The van der Waals surface area contributed by atoms with E-state index in [4.69, 9.17) is 0 Å². The smallest absolute Gasteiger partial charge is 0.198 e. The lowest BCUT2D eigenvalue weighted by Gasteiger charge is -2.17.